The summed E-state index contributed by atoms with van der Waals surface area (Å²) in [5.41, 5.74) is 7.19. The van der Waals surface area contributed by atoms with Crippen molar-refractivity contribution in [1.29, 1.82) is 0 Å². The van der Waals surface area contributed by atoms with Crippen molar-refractivity contribution in [3.05, 3.63) is 51.7 Å². The van der Waals surface area contributed by atoms with E-state index in [1.165, 1.54) is 29.8 Å². The highest BCUT2D eigenvalue weighted by atomic mass is 19.1. The number of rotatable bonds is 8. The van der Waals surface area contributed by atoms with Crippen LogP contribution in [-0.2, 0) is 13.1 Å². The summed E-state index contributed by atoms with van der Waals surface area (Å²) in [6, 6.07) is 5.15. The predicted molar refractivity (Wildman–Crippen MR) is 119 cm³/mol. The van der Waals surface area contributed by atoms with Crippen LogP contribution in [0.4, 0.5) is 16.2 Å². The van der Waals surface area contributed by atoms with Crippen molar-refractivity contribution in [1.82, 2.24) is 24.6 Å². The van der Waals surface area contributed by atoms with E-state index in [1.807, 2.05) is 6.07 Å². The number of fused-ring (bicyclic) bond motifs is 1. The number of hydrogen-bond donors (Lipinski definition) is 2. The van der Waals surface area contributed by atoms with Crippen LogP contribution in [0.15, 0.2) is 29.2 Å². The third-order valence-corrected chi connectivity index (χ3v) is 5.59. The first-order valence-corrected chi connectivity index (χ1v) is 10.8. The van der Waals surface area contributed by atoms with Gasteiger partial charge in [0.25, 0.3) is 5.56 Å². The van der Waals surface area contributed by atoms with Gasteiger partial charge in [-0.2, -0.15) is 10.1 Å². The zero-order valence-corrected chi connectivity index (χ0v) is 17.8. The first-order valence-electron chi connectivity index (χ1n) is 10.8. The van der Waals surface area contributed by atoms with Crippen LogP contribution in [0.3, 0.4) is 0 Å². The van der Waals surface area contributed by atoms with Gasteiger partial charge in [-0.3, -0.25) is 9.69 Å². The molecule has 3 N–H and O–H groups in total. The Kier molecular flexibility index (Phi) is 6.41. The Bertz CT molecular complexity index is 1120. The predicted octanol–water partition coefficient (Wildman–Crippen LogP) is 2.76. The topological polar surface area (TPSA) is 102 Å². The molecular formula is C22H28FN7O. The van der Waals surface area contributed by atoms with Gasteiger partial charge in [0.15, 0.2) is 0 Å². The molecule has 1 aliphatic heterocycles. The molecule has 1 fully saturated rings. The minimum atomic E-state index is -0.335. The van der Waals surface area contributed by atoms with Crippen LogP contribution in [0.5, 0.6) is 0 Å². The minimum Gasteiger partial charge on any atom is -0.369 e. The molecule has 0 amide bonds. The van der Waals surface area contributed by atoms with E-state index in [9.17, 15) is 9.18 Å². The monoisotopic (exact) mass is 425 g/mol. The van der Waals surface area contributed by atoms with E-state index < -0.39 is 0 Å². The number of hydrogen-bond acceptors (Lipinski definition) is 7. The lowest BCUT2D eigenvalue weighted by Crippen LogP contribution is -2.25. The Labute approximate surface area is 180 Å². The smallest absolute Gasteiger partial charge is 0.280 e. The maximum absolute atomic E-state index is 14.7. The summed E-state index contributed by atoms with van der Waals surface area (Å²) in [6.07, 6.45) is 5.78. The highest BCUT2D eigenvalue weighted by Crippen LogP contribution is 2.19. The molecule has 0 aliphatic carbocycles. The quantitative estimate of drug-likeness (QED) is 0.535. The van der Waals surface area contributed by atoms with Gasteiger partial charge in [0.2, 0.25) is 5.95 Å². The van der Waals surface area contributed by atoms with Gasteiger partial charge >= 0.3 is 0 Å². The first-order chi connectivity index (χ1) is 15.0. The Hall–Kier alpha value is -3.07. The highest BCUT2D eigenvalue weighted by Gasteiger charge is 2.16. The van der Waals surface area contributed by atoms with Crippen molar-refractivity contribution in [3.63, 3.8) is 0 Å². The Morgan fingerprint density at radius 1 is 1.19 bits per heavy atom. The molecule has 4 rings (SSSR count). The summed E-state index contributed by atoms with van der Waals surface area (Å²) in [7, 11) is 0. The Balaban J connectivity index is 1.60. The van der Waals surface area contributed by atoms with Gasteiger partial charge in [-0.15, -0.1) is 0 Å². The van der Waals surface area contributed by atoms with E-state index in [2.05, 4.69) is 32.2 Å². The van der Waals surface area contributed by atoms with Gasteiger partial charge in [0, 0.05) is 18.7 Å². The van der Waals surface area contributed by atoms with E-state index in [0.29, 0.717) is 40.9 Å². The van der Waals surface area contributed by atoms with Crippen LogP contribution in [0.25, 0.3) is 10.9 Å². The molecule has 0 saturated carbocycles. The van der Waals surface area contributed by atoms with Crippen molar-refractivity contribution >= 4 is 22.7 Å². The van der Waals surface area contributed by atoms with Crippen LogP contribution in [-0.4, -0.2) is 44.3 Å². The molecule has 164 valence electrons. The number of halogens is 1. The molecular weight excluding hydrogens is 397 g/mol. The SMILES string of the molecule is CCCCNc1nc(N)nc2cnn(Cc3ccc(CN4CCCC4)c(F)c3)c(=O)c12. The molecule has 0 bridgehead atoms. The lowest BCUT2D eigenvalue weighted by atomic mass is 10.1. The van der Waals surface area contributed by atoms with Gasteiger partial charge < -0.3 is 11.1 Å². The zero-order chi connectivity index (χ0) is 21.8. The van der Waals surface area contributed by atoms with Crippen molar-refractivity contribution in [3.8, 4) is 0 Å². The van der Waals surface area contributed by atoms with Gasteiger partial charge in [-0.25, -0.2) is 14.1 Å². The molecule has 0 spiro atoms. The fourth-order valence-electron chi connectivity index (χ4n) is 3.90. The molecule has 1 aliphatic rings. The summed E-state index contributed by atoms with van der Waals surface area (Å²) >= 11 is 0. The normalized spacial score (nSPS) is 14.4. The number of nitrogen functional groups attached to an aromatic ring is 1. The van der Waals surface area contributed by atoms with Gasteiger partial charge in [-0.1, -0.05) is 25.5 Å². The van der Waals surface area contributed by atoms with Crippen LogP contribution in [0, 0.1) is 5.82 Å². The van der Waals surface area contributed by atoms with Crippen LogP contribution in [0.2, 0.25) is 0 Å². The standard InChI is InChI=1S/C22H28FN7O/c1-2-3-8-25-20-19-18(27-22(24)28-20)12-26-30(21(19)31)13-15-6-7-16(17(23)11-15)14-29-9-4-5-10-29/h6-7,11-12H,2-5,8-10,13-14H2,1H3,(H3,24,25,27,28). The molecule has 9 heteroatoms. The molecule has 0 radical (unpaired) electrons. The first kappa shape index (κ1) is 21.2. The number of anilines is 2. The second kappa shape index (κ2) is 9.38. The molecule has 0 atom stereocenters. The lowest BCUT2D eigenvalue weighted by Gasteiger charge is -2.15. The molecule has 1 saturated heterocycles. The summed E-state index contributed by atoms with van der Waals surface area (Å²) in [5, 5.41) is 7.73. The average Bonchev–Trinajstić information content (AvgIpc) is 3.25. The summed E-state index contributed by atoms with van der Waals surface area (Å²) < 4.78 is 16.0. The number of nitrogens with zero attached hydrogens (tertiary/aromatic N) is 5. The highest BCUT2D eigenvalue weighted by molar-refractivity contribution is 5.88. The maximum atomic E-state index is 14.7. The van der Waals surface area contributed by atoms with Crippen molar-refractivity contribution in [2.75, 3.05) is 30.7 Å². The second-order valence-corrected chi connectivity index (χ2v) is 7.99. The molecule has 2 aromatic heterocycles. The molecule has 31 heavy (non-hydrogen) atoms. The number of likely N-dealkylation sites (tertiary alicyclic amines) is 1. The van der Waals surface area contributed by atoms with Gasteiger partial charge in [0.05, 0.1) is 12.7 Å². The van der Waals surface area contributed by atoms with E-state index in [4.69, 9.17) is 5.73 Å². The largest absolute Gasteiger partial charge is 0.369 e. The van der Waals surface area contributed by atoms with E-state index >= 15 is 0 Å². The maximum Gasteiger partial charge on any atom is 0.280 e. The second-order valence-electron chi connectivity index (χ2n) is 7.99. The molecule has 0 unspecified atom stereocenters. The zero-order valence-electron chi connectivity index (χ0n) is 17.8. The molecule has 1 aromatic carbocycles. The van der Waals surface area contributed by atoms with Crippen LogP contribution >= 0.6 is 0 Å². The molecule has 8 nitrogen and oxygen atoms in total. The summed E-state index contributed by atoms with van der Waals surface area (Å²) in [4.78, 5) is 23.7. The number of aromatic nitrogens is 4. The third kappa shape index (κ3) is 4.82. The van der Waals surface area contributed by atoms with Crippen molar-refractivity contribution < 1.29 is 4.39 Å². The van der Waals surface area contributed by atoms with Crippen LogP contribution in [0.1, 0.15) is 43.7 Å². The molecule has 3 aromatic rings. The Morgan fingerprint density at radius 3 is 2.74 bits per heavy atom. The number of nitrogens with one attached hydrogen (secondary N) is 1. The van der Waals surface area contributed by atoms with Crippen LogP contribution < -0.4 is 16.6 Å². The van der Waals surface area contributed by atoms with Gasteiger partial charge in [0.1, 0.15) is 22.5 Å². The van der Waals surface area contributed by atoms with E-state index in [1.54, 1.807) is 6.07 Å². The number of benzene rings is 1. The number of nitrogens with two attached hydrogens (primary N) is 1. The minimum absolute atomic E-state index is 0.0844. The van der Waals surface area contributed by atoms with E-state index in [0.717, 1.165) is 25.9 Å². The summed E-state index contributed by atoms with van der Waals surface area (Å²) in [5.74, 6) is 0.238. The van der Waals surface area contributed by atoms with Gasteiger partial charge in [-0.05, 0) is 44.0 Å². The average molecular weight is 426 g/mol. The van der Waals surface area contributed by atoms with Crippen molar-refractivity contribution in [2.24, 2.45) is 0 Å². The number of unbranched alkanes of at least 4 members (excludes halogenated alkanes) is 1. The van der Waals surface area contributed by atoms with Crippen molar-refractivity contribution in [2.45, 2.75) is 45.7 Å². The van der Waals surface area contributed by atoms with E-state index in [-0.39, 0.29) is 23.9 Å². The fourth-order valence-corrected chi connectivity index (χ4v) is 3.90. The lowest BCUT2D eigenvalue weighted by molar-refractivity contribution is 0.325. The molecule has 3 heterocycles. The summed E-state index contributed by atoms with van der Waals surface area (Å²) in [6.45, 7) is 5.56. The fraction of sp³-hybridized carbons (Fsp3) is 0.455. The Morgan fingerprint density at radius 2 is 2.00 bits per heavy atom. The third-order valence-electron chi connectivity index (χ3n) is 5.59.